The van der Waals surface area contributed by atoms with Crippen LogP contribution in [-0.2, 0) is 10.0 Å². The molecular weight excluding hydrogens is 300 g/mol. The highest BCUT2D eigenvalue weighted by molar-refractivity contribution is 7.89. The molecular formula is C13H19ClN2O3S. The molecule has 0 fully saturated rings. The highest BCUT2D eigenvalue weighted by Crippen LogP contribution is 2.22. The van der Waals surface area contributed by atoms with Gasteiger partial charge in [0.05, 0.1) is 5.02 Å². The molecule has 0 spiro atoms. The molecule has 0 saturated heterocycles. The third-order valence-corrected chi connectivity index (χ3v) is 4.87. The second kappa shape index (κ2) is 6.11. The van der Waals surface area contributed by atoms with Gasteiger partial charge in [-0.25, -0.2) is 13.6 Å². The van der Waals surface area contributed by atoms with Gasteiger partial charge in [0.15, 0.2) is 0 Å². The third-order valence-electron chi connectivity index (χ3n) is 3.48. The lowest BCUT2D eigenvalue weighted by atomic mass is 9.95. The van der Waals surface area contributed by atoms with E-state index in [0.717, 1.165) is 12.8 Å². The van der Waals surface area contributed by atoms with Gasteiger partial charge in [0.1, 0.15) is 4.90 Å². The van der Waals surface area contributed by atoms with Crippen molar-refractivity contribution in [2.75, 3.05) is 0 Å². The molecule has 0 radical (unpaired) electrons. The molecule has 0 aliphatic carbocycles. The minimum atomic E-state index is -3.96. The van der Waals surface area contributed by atoms with Gasteiger partial charge in [0.2, 0.25) is 10.0 Å². The van der Waals surface area contributed by atoms with Gasteiger partial charge in [-0.05, 0) is 38.0 Å². The highest BCUT2D eigenvalue weighted by atomic mass is 35.5. The second-order valence-corrected chi connectivity index (χ2v) is 6.85. The Labute approximate surface area is 124 Å². The van der Waals surface area contributed by atoms with Gasteiger partial charge in [0, 0.05) is 11.1 Å². The Morgan fingerprint density at radius 1 is 1.35 bits per heavy atom. The Hall–Kier alpha value is -1.11. The Morgan fingerprint density at radius 3 is 2.35 bits per heavy atom. The van der Waals surface area contributed by atoms with Crippen molar-refractivity contribution in [3.8, 4) is 0 Å². The molecule has 112 valence electrons. The van der Waals surface area contributed by atoms with E-state index in [4.69, 9.17) is 16.7 Å². The number of sulfonamides is 1. The number of carbonyl (C=O) groups is 1. The number of benzene rings is 1. The van der Waals surface area contributed by atoms with Gasteiger partial charge in [-0.2, -0.15) is 0 Å². The van der Waals surface area contributed by atoms with E-state index in [9.17, 15) is 13.2 Å². The molecule has 20 heavy (non-hydrogen) atoms. The van der Waals surface area contributed by atoms with Crippen LogP contribution in [0.3, 0.4) is 0 Å². The van der Waals surface area contributed by atoms with E-state index in [-0.39, 0.29) is 26.9 Å². The van der Waals surface area contributed by atoms with Crippen LogP contribution in [0.5, 0.6) is 0 Å². The number of hydrogen-bond acceptors (Lipinski definition) is 3. The highest BCUT2D eigenvalue weighted by Gasteiger charge is 2.23. The van der Waals surface area contributed by atoms with Crippen molar-refractivity contribution in [3.05, 3.63) is 28.8 Å². The van der Waals surface area contributed by atoms with Crippen molar-refractivity contribution in [1.82, 2.24) is 5.32 Å². The zero-order valence-corrected chi connectivity index (χ0v) is 13.3. The molecule has 0 bridgehead atoms. The fourth-order valence-corrected chi connectivity index (χ4v) is 2.71. The zero-order valence-electron chi connectivity index (χ0n) is 11.7. The number of carbonyl (C=O) groups excluding carboxylic acids is 1. The van der Waals surface area contributed by atoms with Gasteiger partial charge in [-0.15, -0.1) is 0 Å². The first-order chi connectivity index (χ1) is 9.13. The van der Waals surface area contributed by atoms with Crippen molar-refractivity contribution in [2.24, 2.45) is 5.14 Å². The molecule has 0 atom stereocenters. The second-order valence-electron chi connectivity index (χ2n) is 4.91. The topological polar surface area (TPSA) is 89.3 Å². The number of halogens is 1. The summed E-state index contributed by atoms with van der Waals surface area (Å²) in [5, 5.41) is 7.95. The predicted octanol–water partition coefficient (Wildman–Crippen LogP) is 2.30. The summed E-state index contributed by atoms with van der Waals surface area (Å²) in [5.74, 6) is -0.349. The van der Waals surface area contributed by atoms with Crippen LogP contribution in [0, 0.1) is 0 Å². The maximum Gasteiger partial charge on any atom is 0.251 e. The average Bonchev–Trinajstić information content (AvgIpc) is 2.37. The van der Waals surface area contributed by atoms with Crippen molar-refractivity contribution in [2.45, 2.75) is 44.0 Å². The van der Waals surface area contributed by atoms with Crippen LogP contribution >= 0.6 is 11.6 Å². The fraction of sp³-hybridized carbons (Fsp3) is 0.462. The van der Waals surface area contributed by atoms with Gasteiger partial charge in [-0.1, -0.05) is 25.4 Å². The van der Waals surface area contributed by atoms with E-state index in [1.54, 1.807) is 0 Å². The van der Waals surface area contributed by atoms with E-state index in [1.165, 1.54) is 18.2 Å². The Bertz CT molecular complexity index is 610. The van der Waals surface area contributed by atoms with Gasteiger partial charge in [-0.3, -0.25) is 4.79 Å². The average molecular weight is 319 g/mol. The molecule has 1 aromatic rings. The van der Waals surface area contributed by atoms with Crippen molar-refractivity contribution in [3.63, 3.8) is 0 Å². The van der Waals surface area contributed by atoms with Crippen LogP contribution in [-0.4, -0.2) is 19.9 Å². The van der Waals surface area contributed by atoms with Crippen molar-refractivity contribution < 1.29 is 13.2 Å². The van der Waals surface area contributed by atoms with E-state index in [2.05, 4.69) is 5.32 Å². The Balaban J connectivity index is 3.13. The summed E-state index contributed by atoms with van der Waals surface area (Å²) in [6, 6.07) is 4.02. The lowest BCUT2D eigenvalue weighted by Gasteiger charge is -2.28. The quantitative estimate of drug-likeness (QED) is 0.873. The van der Waals surface area contributed by atoms with E-state index < -0.39 is 10.0 Å². The molecule has 0 aliphatic heterocycles. The SMILES string of the molecule is CCC(C)(CC)NC(=O)c1ccc(Cl)c(S(N)(=O)=O)c1. The number of amides is 1. The minimum absolute atomic E-state index is 0.00204. The largest absolute Gasteiger partial charge is 0.347 e. The molecule has 0 aliphatic rings. The van der Waals surface area contributed by atoms with E-state index >= 15 is 0 Å². The summed E-state index contributed by atoms with van der Waals surface area (Å²) in [6.07, 6.45) is 1.54. The Kier molecular flexibility index (Phi) is 5.18. The lowest BCUT2D eigenvalue weighted by Crippen LogP contribution is -2.45. The summed E-state index contributed by atoms with van der Waals surface area (Å²) in [7, 11) is -3.96. The zero-order chi connectivity index (χ0) is 15.6. The smallest absolute Gasteiger partial charge is 0.251 e. The van der Waals surface area contributed by atoms with Crippen LogP contribution in [0.1, 0.15) is 44.0 Å². The monoisotopic (exact) mass is 318 g/mol. The fourth-order valence-electron chi connectivity index (χ4n) is 1.64. The summed E-state index contributed by atoms with van der Waals surface area (Å²) in [5.41, 5.74) is -0.120. The first-order valence-electron chi connectivity index (χ1n) is 6.28. The molecule has 1 rings (SSSR count). The maximum absolute atomic E-state index is 12.2. The van der Waals surface area contributed by atoms with Crippen molar-refractivity contribution >= 4 is 27.5 Å². The van der Waals surface area contributed by atoms with Gasteiger partial charge < -0.3 is 5.32 Å². The molecule has 0 saturated carbocycles. The third kappa shape index (κ3) is 3.94. The summed E-state index contributed by atoms with van der Waals surface area (Å²) >= 11 is 5.78. The van der Waals surface area contributed by atoms with Gasteiger partial charge in [0.25, 0.3) is 5.91 Å². The summed E-state index contributed by atoms with van der Waals surface area (Å²) in [6.45, 7) is 5.88. The first kappa shape index (κ1) is 16.9. The molecule has 1 amide bonds. The van der Waals surface area contributed by atoms with Crippen LogP contribution in [0.4, 0.5) is 0 Å². The molecule has 0 unspecified atom stereocenters. The Morgan fingerprint density at radius 2 is 1.90 bits per heavy atom. The number of primary sulfonamides is 1. The predicted molar refractivity (Wildman–Crippen MR) is 79.3 cm³/mol. The van der Waals surface area contributed by atoms with Crippen LogP contribution < -0.4 is 10.5 Å². The van der Waals surface area contributed by atoms with E-state index in [1.807, 2.05) is 20.8 Å². The van der Waals surface area contributed by atoms with Crippen molar-refractivity contribution in [1.29, 1.82) is 0 Å². The standard InChI is InChI=1S/C13H19ClN2O3S/c1-4-13(3,5-2)16-12(17)9-6-7-10(14)11(8-9)20(15,18)19/h6-8H,4-5H2,1-3H3,(H,16,17)(H2,15,18,19). The van der Waals surface area contributed by atoms with Crippen LogP contribution in [0.2, 0.25) is 5.02 Å². The number of nitrogens with two attached hydrogens (primary N) is 1. The molecule has 0 aromatic heterocycles. The summed E-state index contributed by atoms with van der Waals surface area (Å²) < 4.78 is 22.8. The van der Waals surface area contributed by atoms with E-state index in [0.29, 0.717) is 0 Å². The number of rotatable bonds is 5. The molecule has 0 heterocycles. The molecule has 1 aromatic carbocycles. The minimum Gasteiger partial charge on any atom is -0.347 e. The first-order valence-corrected chi connectivity index (χ1v) is 8.20. The van der Waals surface area contributed by atoms with Crippen LogP contribution in [0.25, 0.3) is 0 Å². The molecule has 7 heteroatoms. The lowest BCUT2D eigenvalue weighted by molar-refractivity contribution is 0.0901. The molecule has 5 nitrogen and oxygen atoms in total. The normalized spacial score (nSPS) is 12.2. The number of nitrogens with one attached hydrogen (secondary N) is 1. The van der Waals surface area contributed by atoms with Gasteiger partial charge >= 0.3 is 0 Å². The van der Waals surface area contributed by atoms with Crippen LogP contribution in [0.15, 0.2) is 23.1 Å². The maximum atomic E-state index is 12.2. The molecule has 3 N–H and O–H groups in total. The number of hydrogen-bond donors (Lipinski definition) is 2. The summed E-state index contributed by atoms with van der Waals surface area (Å²) in [4.78, 5) is 11.9.